The van der Waals surface area contributed by atoms with Crippen molar-refractivity contribution in [1.82, 2.24) is 25.1 Å². The standard InChI is InChI=1S/C25H20FN5O/c26-20-8-6-18(7-9-20)23-22-14-19(16-28-15-17-10-12-27-13-11-17)25(32)29-24(22)31(30-23)21-4-2-1-3-5-21/h1-14,28H,15-16H2,(H,29,32). The van der Waals surface area contributed by atoms with Gasteiger partial charge in [0.15, 0.2) is 0 Å². The molecule has 6 nitrogen and oxygen atoms in total. The minimum atomic E-state index is -0.310. The van der Waals surface area contributed by atoms with Crippen molar-refractivity contribution >= 4 is 11.0 Å². The lowest BCUT2D eigenvalue weighted by Crippen LogP contribution is -2.21. The average Bonchev–Trinajstić information content (AvgIpc) is 3.19. The fourth-order valence-electron chi connectivity index (χ4n) is 3.67. The molecule has 2 aromatic carbocycles. The summed E-state index contributed by atoms with van der Waals surface area (Å²) in [6.07, 6.45) is 3.48. The van der Waals surface area contributed by atoms with Crippen LogP contribution in [0.2, 0.25) is 0 Å². The summed E-state index contributed by atoms with van der Waals surface area (Å²) in [6.45, 7) is 1.01. The number of para-hydroxylation sites is 1. The number of pyridine rings is 2. The van der Waals surface area contributed by atoms with Crippen molar-refractivity contribution in [1.29, 1.82) is 0 Å². The van der Waals surface area contributed by atoms with Gasteiger partial charge in [0.1, 0.15) is 17.2 Å². The van der Waals surface area contributed by atoms with Crippen LogP contribution >= 0.6 is 0 Å². The summed E-state index contributed by atoms with van der Waals surface area (Å²) in [5, 5.41) is 8.86. The van der Waals surface area contributed by atoms with Crippen molar-refractivity contribution in [3.63, 3.8) is 0 Å². The van der Waals surface area contributed by atoms with Gasteiger partial charge in [-0.3, -0.25) is 9.78 Å². The first-order chi connectivity index (χ1) is 15.7. The maximum absolute atomic E-state index is 13.5. The van der Waals surface area contributed by atoms with Crippen LogP contribution in [0.5, 0.6) is 0 Å². The third-order valence-corrected chi connectivity index (χ3v) is 5.28. The summed E-state index contributed by atoms with van der Waals surface area (Å²) in [5.41, 5.74) is 4.37. The predicted octanol–water partition coefficient (Wildman–Crippen LogP) is 4.20. The van der Waals surface area contributed by atoms with E-state index in [9.17, 15) is 9.18 Å². The first-order valence-electron chi connectivity index (χ1n) is 10.2. The largest absolute Gasteiger partial charge is 0.308 e. The lowest BCUT2D eigenvalue weighted by molar-refractivity contribution is 0.628. The molecule has 5 aromatic rings. The van der Waals surface area contributed by atoms with E-state index in [1.165, 1.54) is 12.1 Å². The Kier molecular flexibility index (Phi) is 5.31. The Bertz CT molecular complexity index is 1410. The fraction of sp³-hybridized carbons (Fsp3) is 0.0800. The highest BCUT2D eigenvalue weighted by atomic mass is 19.1. The van der Waals surface area contributed by atoms with E-state index in [4.69, 9.17) is 5.10 Å². The molecule has 0 spiro atoms. The summed E-state index contributed by atoms with van der Waals surface area (Å²) in [7, 11) is 0. The number of fused-ring (bicyclic) bond motifs is 1. The van der Waals surface area contributed by atoms with E-state index in [0.29, 0.717) is 30.0 Å². The molecule has 0 aliphatic carbocycles. The van der Waals surface area contributed by atoms with E-state index in [2.05, 4.69) is 15.3 Å². The van der Waals surface area contributed by atoms with Crippen LogP contribution in [0.1, 0.15) is 11.1 Å². The molecule has 0 saturated carbocycles. The number of benzene rings is 2. The van der Waals surface area contributed by atoms with Gasteiger partial charge in [-0.25, -0.2) is 9.07 Å². The number of nitrogens with one attached hydrogen (secondary N) is 2. The van der Waals surface area contributed by atoms with Crippen LogP contribution in [0.25, 0.3) is 28.0 Å². The van der Waals surface area contributed by atoms with E-state index in [1.807, 2.05) is 48.5 Å². The zero-order chi connectivity index (χ0) is 21.9. The average molecular weight is 425 g/mol. The minimum Gasteiger partial charge on any atom is -0.308 e. The lowest BCUT2D eigenvalue weighted by Gasteiger charge is -2.06. The second-order valence-electron chi connectivity index (χ2n) is 7.45. The first kappa shape index (κ1) is 19.8. The topological polar surface area (TPSA) is 75.6 Å². The molecule has 7 heteroatoms. The Morgan fingerprint density at radius 1 is 0.938 bits per heavy atom. The van der Waals surface area contributed by atoms with Crippen molar-refractivity contribution in [3.05, 3.63) is 112 Å². The molecule has 3 aromatic heterocycles. The van der Waals surface area contributed by atoms with Gasteiger partial charge >= 0.3 is 0 Å². The van der Waals surface area contributed by atoms with Crippen molar-refractivity contribution in [2.45, 2.75) is 13.1 Å². The Morgan fingerprint density at radius 2 is 1.69 bits per heavy atom. The van der Waals surface area contributed by atoms with E-state index in [0.717, 1.165) is 22.2 Å². The molecule has 0 unspecified atom stereocenters. The number of halogens is 1. The van der Waals surface area contributed by atoms with E-state index in [-0.39, 0.29) is 11.4 Å². The van der Waals surface area contributed by atoms with Crippen molar-refractivity contribution < 1.29 is 4.39 Å². The second-order valence-corrected chi connectivity index (χ2v) is 7.45. The molecule has 0 aliphatic heterocycles. The number of nitrogens with zero attached hydrogens (tertiary/aromatic N) is 3. The highest BCUT2D eigenvalue weighted by molar-refractivity contribution is 5.92. The van der Waals surface area contributed by atoms with Gasteiger partial charge in [0.25, 0.3) is 5.56 Å². The summed E-state index contributed by atoms with van der Waals surface area (Å²) in [5.74, 6) is -0.310. The molecule has 0 fully saturated rings. The smallest absolute Gasteiger partial charge is 0.254 e. The van der Waals surface area contributed by atoms with Gasteiger partial charge < -0.3 is 10.3 Å². The Morgan fingerprint density at radius 3 is 2.44 bits per heavy atom. The van der Waals surface area contributed by atoms with Crippen LogP contribution in [0.4, 0.5) is 4.39 Å². The van der Waals surface area contributed by atoms with E-state index >= 15 is 0 Å². The zero-order valence-corrected chi connectivity index (χ0v) is 17.1. The van der Waals surface area contributed by atoms with E-state index in [1.54, 1.807) is 29.2 Å². The van der Waals surface area contributed by atoms with Crippen LogP contribution in [0.3, 0.4) is 0 Å². The Hall–Kier alpha value is -4.10. The monoisotopic (exact) mass is 425 g/mol. The molecule has 0 saturated heterocycles. The summed E-state index contributed by atoms with van der Waals surface area (Å²) >= 11 is 0. The minimum absolute atomic E-state index is 0.178. The molecule has 3 heterocycles. The SMILES string of the molecule is O=c1[nH]c2c(cc1CNCc1ccncc1)c(-c1ccc(F)cc1)nn2-c1ccccc1. The molecule has 0 atom stereocenters. The normalized spacial score (nSPS) is 11.2. The molecule has 0 amide bonds. The molecule has 0 radical (unpaired) electrons. The quantitative estimate of drug-likeness (QED) is 0.427. The Labute approximate surface area is 183 Å². The van der Waals surface area contributed by atoms with Gasteiger partial charge in [-0.2, -0.15) is 5.10 Å². The maximum atomic E-state index is 13.5. The van der Waals surface area contributed by atoms with Gasteiger partial charge in [0, 0.05) is 42.0 Å². The fourth-order valence-corrected chi connectivity index (χ4v) is 3.67. The van der Waals surface area contributed by atoms with Crippen LogP contribution in [0, 0.1) is 5.82 Å². The number of H-pyrrole nitrogens is 1. The highest BCUT2D eigenvalue weighted by Crippen LogP contribution is 2.29. The summed E-state index contributed by atoms with van der Waals surface area (Å²) in [6, 6.07) is 21.5. The van der Waals surface area contributed by atoms with Crippen LogP contribution in [-0.2, 0) is 13.1 Å². The number of aromatic amines is 1. The predicted molar refractivity (Wildman–Crippen MR) is 122 cm³/mol. The van der Waals surface area contributed by atoms with Crippen molar-refractivity contribution in [3.8, 4) is 16.9 Å². The third kappa shape index (κ3) is 3.93. The van der Waals surface area contributed by atoms with Gasteiger partial charge in [-0.05, 0) is 60.2 Å². The van der Waals surface area contributed by atoms with Crippen LogP contribution in [0.15, 0.2) is 90.0 Å². The van der Waals surface area contributed by atoms with Gasteiger partial charge in [0.2, 0.25) is 0 Å². The van der Waals surface area contributed by atoms with Crippen LogP contribution < -0.4 is 10.9 Å². The molecular weight excluding hydrogens is 405 g/mol. The molecular formula is C25H20FN5O. The van der Waals surface area contributed by atoms with Crippen LogP contribution in [-0.4, -0.2) is 19.7 Å². The molecule has 2 N–H and O–H groups in total. The summed E-state index contributed by atoms with van der Waals surface area (Å²) < 4.78 is 15.2. The summed E-state index contributed by atoms with van der Waals surface area (Å²) in [4.78, 5) is 19.9. The molecule has 158 valence electrons. The van der Waals surface area contributed by atoms with Gasteiger partial charge in [-0.15, -0.1) is 0 Å². The second kappa shape index (κ2) is 8.56. The maximum Gasteiger partial charge on any atom is 0.254 e. The molecule has 32 heavy (non-hydrogen) atoms. The molecule has 0 bridgehead atoms. The third-order valence-electron chi connectivity index (χ3n) is 5.28. The number of aromatic nitrogens is 4. The first-order valence-corrected chi connectivity index (χ1v) is 10.2. The lowest BCUT2D eigenvalue weighted by atomic mass is 10.1. The van der Waals surface area contributed by atoms with E-state index < -0.39 is 0 Å². The molecule has 0 aliphatic rings. The number of hydrogen-bond donors (Lipinski definition) is 2. The van der Waals surface area contributed by atoms with Crippen molar-refractivity contribution in [2.75, 3.05) is 0 Å². The van der Waals surface area contributed by atoms with Crippen molar-refractivity contribution in [2.24, 2.45) is 0 Å². The highest BCUT2D eigenvalue weighted by Gasteiger charge is 2.16. The zero-order valence-electron chi connectivity index (χ0n) is 17.1. The number of hydrogen-bond acceptors (Lipinski definition) is 4. The van der Waals surface area contributed by atoms with Gasteiger partial charge in [0.05, 0.1) is 5.69 Å². The molecule has 5 rings (SSSR count). The Balaban J connectivity index is 1.57. The number of rotatable bonds is 6. The van der Waals surface area contributed by atoms with Gasteiger partial charge in [-0.1, -0.05) is 18.2 Å².